The van der Waals surface area contributed by atoms with Crippen LogP contribution in [0.4, 0.5) is 4.79 Å². The normalized spacial score (nSPS) is 11.7. The summed E-state index contributed by atoms with van der Waals surface area (Å²) < 4.78 is 5.97. The number of nitrogens with two attached hydrogens (primary N) is 1. The van der Waals surface area contributed by atoms with E-state index in [2.05, 4.69) is 5.10 Å². The lowest BCUT2D eigenvalue weighted by atomic mass is 10.1. The molecule has 1 aromatic heterocycles. The van der Waals surface area contributed by atoms with Crippen molar-refractivity contribution in [1.29, 1.82) is 0 Å². The number of hydrogen-bond acceptors (Lipinski definition) is 6. The summed E-state index contributed by atoms with van der Waals surface area (Å²) in [5, 5.41) is 6.29. The molecule has 0 spiro atoms. The fraction of sp³-hybridized carbons (Fsp3) is 0.214. The number of carbonyl (C=O) groups excluding carboxylic acids is 3. The van der Waals surface area contributed by atoms with Crippen LogP contribution in [0.2, 0.25) is 0 Å². The van der Waals surface area contributed by atoms with E-state index in [0.29, 0.717) is 10.8 Å². The van der Waals surface area contributed by atoms with Gasteiger partial charge < -0.3 is 10.5 Å². The highest BCUT2D eigenvalue weighted by molar-refractivity contribution is 6.03. The highest BCUT2D eigenvalue weighted by Crippen LogP contribution is 2.14. The van der Waals surface area contributed by atoms with Crippen molar-refractivity contribution in [3.8, 4) is 0 Å². The van der Waals surface area contributed by atoms with Crippen molar-refractivity contribution in [3.05, 3.63) is 40.3 Å². The van der Waals surface area contributed by atoms with Crippen molar-refractivity contribution in [3.63, 3.8) is 0 Å². The number of carbonyl (C=O) groups is 3. The Hall–Kier alpha value is -3.23. The fourth-order valence-corrected chi connectivity index (χ4v) is 1.94. The lowest BCUT2D eigenvalue weighted by molar-refractivity contribution is -0.127. The highest BCUT2D eigenvalue weighted by Gasteiger charge is 2.23. The van der Waals surface area contributed by atoms with Crippen molar-refractivity contribution < 1.29 is 19.1 Å². The highest BCUT2D eigenvalue weighted by atomic mass is 16.5. The van der Waals surface area contributed by atoms with Gasteiger partial charge in [-0.3, -0.25) is 14.9 Å². The molecule has 23 heavy (non-hydrogen) atoms. The maximum Gasteiger partial charge on any atom is 0.360 e. The van der Waals surface area contributed by atoms with Gasteiger partial charge in [-0.05, 0) is 13.0 Å². The third-order valence-electron chi connectivity index (χ3n) is 3.05. The number of imide groups is 1. The molecule has 120 valence electrons. The van der Waals surface area contributed by atoms with Gasteiger partial charge in [0.1, 0.15) is 0 Å². The molecular formula is C14H14N4O5. The molecule has 0 unspecified atom stereocenters. The van der Waals surface area contributed by atoms with Gasteiger partial charge in [-0.1, -0.05) is 18.2 Å². The van der Waals surface area contributed by atoms with Crippen molar-refractivity contribution in [1.82, 2.24) is 15.1 Å². The van der Waals surface area contributed by atoms with Gasteiger partial charge >= 0.3 is 12.0 Å². The minimum atomic E-state index is -1.26. The largest absolute Gasteiger partial charge is 0.448 e. The van der Waals surface area contributed by atoms with Crippen LogP contribution in [0, 0.1) is 0 Å². The van der Waals surface area contributed by atoms with Crippen LogP contribution < -0.4 is 16.6 Å². The Morgan fingerprint density at radius 2 is 1.87 bits per heavy atom. The van der Waals surface area contributed by atoms with E-state index in [4.69, 9.17) is 10.5 Å². The summed E-state index contributed by atoms with van der Waals surface area (Å²) in [5.41, 5.74) is 4.35. The standard InChI is InChI=1S/C14H14N4O5/c1-7(11(19)16-14(15)22)23-13(21)10-8-5-3-4-6-9(8)12(20)18(2)17-10/h3-7H,1-2H3,(H3,15,16,19,22)/t7-/m0/s1. The van der Waals surface area contributed by atoms with E-state index in [-0.39, 0.29) is 11.3 Å². The molecule has 0 aliphatic heterocycles. The summed E-state index contributed by atoms with van der Waals surface area (Å²) >= 11 is 0. The van der Waals surface area contributed by atoms with Gasteiger partial charge in [-0.25, -0.2) is 14.3 Å². The molecule has 2 aromatic rings. The number of ether oxygens (including phenoxy) is 1. The zero-order chi connectivity index (χ0) is 17.1. The van der Waals surface area contributed by atoms with E-state index in [1.165, 1.54) is 14.0 Å². The lowest BCUT2D eigenvalue weighted by Crippen LogP contribution is -2.42. The molecule has 1 atom stereocenters. The van der Waals surface area contributed by atoms with Crippen molar-refractivity contribution in [2.45, 2.75) is 13.0 Å². The summed E-state index contributed by atoms with van der Waals surface area (Å²) in [4.78, 5) is 46.4. The van der Waals surface area contributed by atoms with Gasteiger partial charge in [-0.15, -0.1) is 0 Å². The zero-order valence-electron chi connectivity index (χ0n) is 12.4. The second-order valence-corrected chi connectivity index (χ2v) is 4.72. The van der Waals surface area contributed by atoms with E-state index in [9.17, 15) is 19.2 Å². The van der Waals surface area contributed by atoms with Crippen molar-refractivity contribution >= 4 is 28.7 Å². The second kappa shape index (κ2) is 6.26. The number of nitrogens with zero attached hydrogens (tertiary/aromatic N) is 2. The van der Waals surface area contributed by atoms with Crippen LogP contribution in [-0.2, 0) is 16.6 Å². The lowest BCUT2D eigenvalue weighted by Gasteiger charge is -2.13. The SMILES string of the molecule is C[C@H](OC(=O)c1nn(C)c(=O)c2ccccc12)C(=O)NC(N)=O. The molecular weight excluding hydrogens is 304 g/mol. The first kappa shape index (κ1) is 16.1. The summed E-state index contributed by atoms with van der Waals surface area (Å²) in [6.45, 7) is 1.28. The smallest absolute Gasteiger partial charge is 0.360 e. The Morgan fingerprint density at radius 3 is 2.48 bits per heavy atom. The molecule has 0 radical (unpaired) electrons. The quantitative estimate of drug-likeness (QED) is 0.745. The minimum absolute atomic E-state index is 0.110. The number of hydrogen-bond donors (Lipinski definition) is 2. The van der Waals surface area contributed by atoms with Gasteiger partial charge in [0.05, 0.1) is 5.39 Å². The number of aromatic nitrogens is 2. The Balaban J connectivity index is 2.35. The summed E-state index contributed by atoms with van der Waals surface area (Å²) in [6.07, 6.45) is -1.26. The average molecular weight is 318 g/mol. The second-order valence-electron chi connectivity index (χ2n) is 4.72. The van der Waals surface area contributed by atoms with E-state index in [0.717, 1.165) is 4.68 Å². The number of benzene rings is 1. The molecule has 3 N–H and O–H groups in total. The number of esters is 1. The predicted octanol–water partition coefficient (Wildman–Crippen LogP) is -0.326. The van der Waals surface area contributed by atoms with Crippen LogP contribution in [0.25, 0.3) is 10.8 Å². The molecule has 0 aliphatic carbocycles. The first-order chi connectivity index (χ1) is 10.8. The Morgan fingerprint density at radius 1 is 1.26 bits per heavy atom. The minimum Gasteiger partial charge on any atom is -0.448 e. The van der Waals surface area contributed by atoms with Crippen LogP contribution in [0.3, 0.4) is 0 Å². The van der Waals surface area contributed by atoms with E-state index >= 15 is 0 Å². The van der Waals surface area contributed by atoms with E-state index in [1.54, 1.807) is 29.6 Å². The molecule has 1 aromatic carbocycles. The predicted molar refractivity (Wildman–Crippen MR) is 79.6 cm³/mol. The zero-order valence-corrected chi connectivity index (χ0v) is 12.4. The molecule has 1 heterocycles. The third-order valence-corrected chi connectivity index (χ3v) is 3.05. The maximum atomic E-state index is 12.2. The number of amides is 3. The molecule has 3 amide bonds. The number of primary amides is 1. The molecule has 2 rings (SSSR count). The summed E-state index contributed by atoms with van der Waals surface area (Å²) in [5.74, 6) is -1.76. The van der Waals surface area contributed by atoms with Crippen LogP contribution in [-0.4, -0.2) is 33.8 Å². The summed E-state index contributed by atoms with van der Waals surface area (Å²) in [6, 6.07) is 5.35. The fourth-order valence-electron chi connectivity index (χ4n) is 1.94. The van der Waals surface area contributed by atoms with Gasteiger partial charge in [0.2, 0.25) is 0 Å². The molecule has 0 aliphatic rings. The molecule has 0 saturated heterocycles. The molecule has 9 heteroatoms. The van der Waals surface area contributed by atoms with Crippen LogP contribution in [0.15, 0.2) is 29.1 Å². The number of rotatable bonds is 3. The van der Waals surface area contributed by atoms with Crippen molar-refractivity contribution in [2.75, 3.05) is 0 Å². The van der Waals surface area contributed by atoms with Gasteiger partial charge in [0.25, 0.3) is 11.5 Å². The Kier molecular flexibility index (Phi) is 4.39. The average Bonchev–Trinajstić information content (AvgIpc) is 2.50. The third kappa shape index (κ3) is 3.34. The molecule has 0 bridgehead atoms. The first-order valence-electron chi connectivity index (χ1n) is 6.58. The molecule has 9 nitrogen and oxygen atoms in total. The van der Waals surface area contributed by atoms with Crippen molar-refractivity contribution in [2.24, 2.45) is 12.8 Å². The van der Waals surface area contributed by atoms with Crippen LogP contribution in [0.5, 0.6) is 0 Å². The summed E-state index contributed by atoms with van der Waals surface area (Å²) in [7, 11) is 1.40. The van der Waals surface area contributed by atoms with Crippen LogP contribution in [0.1, 0.15) is 17.4 Å². The Labute approximate surface area is 130 Å². The molecule has 0 fully saturated rings. The van der Waals surface area contributed by atoms with Crippen LogP contribution >= 0.6 is 0 Å². The van der Waals surface area contributed by atoms with Gasteiger partial charge in [0, 0.05) is 12.4 Å². The first-order valence-corrected chi connectivity index (χ1v) is 6.58. The van der Waals surface area contributed by atoms with E-state index in [1.807, 2.05) is 0 Å². The number of fused-ring (bicyclic) bond motifs is 1. The van der Waals surface area contributed by atoms with E-state index < -0.39 is 24.0 Å². The number of aryl methyl sites for hydroxylation is 1. The van der Waals surface area contributed by atoms with Gasteiger partial charge in [-0.2, -0.15) is 5.10 Å². The maximum absolute atomic E-state index is 12.2. The Bertz CT molecular complexity index is 858. The molecule has 0 saturated carbocycles. The monoisotopic (exact) mass is 318 g/mol. The van der Waals surface area contributed by atoms with Gasteiger partial charge in [0.15, 0.2) is 11.8 Å². The number of nitrogens with one attached hydrogen (secondary N) is 1. The topological polar surface area (TPSA) is 133 Å². The number of urea groups is 1.